The summed E-state index contributed by atoms with van der Waals surface area (Å²) in [6, 6.07) is 12.7. The van der Waals surface area contributed by atoms with Crippen molar-refractivity contribution in [2.45, 2.75) is 0 Å². The molecule has 0 bridgehead atoms. The van der Waals surface area contributed by atoms with Crippen molar-refractivity contribution in [1.29, 1.82) is 0 Å². The highest BCUT2D eigenvalue weighted by Gasteiger charge is 1.98. The monoisotopic (exact) mass is 283 g/mol. The molecule has 0 radical (unpaired) electrons. The molecule has 0 saturated heterocycles. The van der Waals surface area contributed by atoms with Gasteiger partial charge in [0.25, 0.3) is 0 Å². The van der Waals surface area contributed by atoms with Gasteiger partial charge in [-0.2, -0.15) is 0 Å². The number of nitrogens with zero attached hydrogens (tertiary/aromatic N) is 1. The normalized spacial score (nSPS) is 11.0. The van der Waals surface area contributed by atoms with Gasteiger partial charge in [-0.25, -0.2) is 0 Å². The van der Waals surface area contributed by atoms with Gasteiger partial charge < -0.3 is 0 Å². The predicted molar refractivity (Wildman–Crippen MR) is 75.2 cm³/mol. The average Bonchev–Trinajstić information content (AvgIpc) is 2.32. The fraction of sp³-hybridized carbons (Fsp3) is 0. The number of rotatable bonds is 2. The van der Waals surface area contributed by atoms with Crippen molar-refractivity contribution in [3.63, 3.8) is 0 Å². The van der Waals surface area contributed by atoms with E-state index < -0.39 is 0 Å². The highest BCUT2D eigenvalue weighted by molar-refractivity contribution is 6.42. The van der Waals surface area contributed by atoms with Crippen molar-refractivity contribution < 1.29 is 0 Å². The minimum atomic E-state index is 0.487. The first-order chi connectivity index (χ1) is 8.16. The fourth-order valence-electron chi connectivity index (χ4n) is 1.29. The maximum absolute atomic E-state index is 6.01. The summed E-state index contributed by atoms with van der Waals surface area (Å²) in [5, 5.41) is 1.67. The number of halogens is 3. The van der Waals surface area contributed by atoms with Gasteiger partial charge in [-0.15, -0.1) is 0 Å². The van der Waals surface area contributed by atoms with E-state index >= 15 is 0 Å². The standard InChI is InChI=1S/C13H8Cl3N/c14-11-4-2-1-3-9(11)8-17-10-5-6-12(15)13(16)7-10/h1-8H. The maximum atomic E-state index is 6.01. The lowest BCUT2D eigenvalue weighted by atomic mass is 10.2. The van der Waals surface area contributed by atoms with Gasteiger partial charge in [0.1, 0.15) is 0 Å². The predicted octanol–water partition coefficient (Wildman–Crippen LogP) is 5.40. The Morgan fingerprint density at radius 3 is 2.29 bits per heavy atom. The van der Waals surface area contributed by atoms with Crippen LogP contribution in [-0.4, -0.2) is 6.21 Å². The minimum Gasteiger partial charge on any atom is -0.256 e. The zero-order chi connectivity index (χ0) is 12.3. The second-order valence-electron chi connectivity index (χ2n) is 3.38. The minimum absolute atomic E-state index is 0.487. The Kier molecular flexibility index (Phi) is 4.06. The van der Waals surface area contributed by atoms with E-state index in [0.717, 1.165) is 11.3 Å². The molecule has 0 unspecified atom stereocenters. The molecule has 1 nitrogen and oxygen atoms in total. The molecule has 2 aromatic carbocycles. The smallest absolute Gasteiger partial charge is 0.0645 e. The van der Waals surface area contributed by atoms with Gasteiger partial charge in [0.05, 0.1) is 15.7 Å². The SMILES string of the molecule is Clc1ccc(N=Cc2ccccc2Cl)cc1Cl. The number of benzene rings is 2. The van der Waals surface area contributed by atoms with Gasteiger partial charge in [0, 0.05) is 16.8 Å². The molecule has 0 saturated carbocycles. The molecule has 86 valence electrons. The summed E-state index contributed by atoms with van der Waals surface area (Å²) >= 11 is 17.7. The highest BCUT2D eigenvalue weighted by atomic mass is 35.5. The van der Waals surface area contributed by atoms with Crippen LogP contribution in [0.2, 0.25) is 15.1 Å². The summed E-state index contributed by atoms with van der Waals surface area (Å²) in [6.07, 6.45) is 1.70. The molecule has 4 heteroatoms. The van der Waals surface area contributed by atoms with Crippen molar-refractivity contribution in [1.82, 2.24) is 0 Å². The molecule has 0 spiro atoms. The lowest BCUT2D eigenvalue weighted by Crippen LogP contribution is -1.81. The molecule has 2 rings (SSSR count). The molecule has 0 amide bonds. The molecule has 17 heavy (non-hydrogen) atoms. The first-order valence-corrected chi connectivity index (χ1v) is 6.04. The third-order valence-corrected chi connectivity index (χ3v) is 3.24. The highest BCUT2D eigenvalue weighted by Crippen LogP contribution is 2.26. The Balaban J connectivity index is 2.26. The molecule has 0 aromatic heterocycles. The molecule has 0 fully saturated rings. The zero-order valence-electron chi connectivity index (χ0n) is 8.70. The van der Waals surface area contributed by atoms with Crippen molar-refractivity contribution >= 4 is 46.7 Å². The second-order valence-corrected chi connectivity index (χ2v) is 4.60. The van der Waals surface area contributed by atoms with Crippen LogP contribution in [0.15, 0.2) is 47.5 Å². The van der Waals surface area contributed by atoms with Crippen LogP contribution in [0, 0.1) is 0 Å². The van der Waals surface area contributed by atoms with Crippen LogP contribution in [0.25, 0.3) is 0 Å². The quantitative estimate of drug-likeness (QED) is 0.655. The number of aliphatic imine (C=N–C) groups is 1. The Bertz CT molecular complexity index is 564. The summed E-state index contributed by atoms with van der Waals surface area (Å²) in [5.74, 6) is 0. The lowest BCUT2D eigenvalue weighted by molar-refractivity contribution is 1.52. The van der Waals surface area contributed by atoms with Crippen LogP contribution >= 0.6 is 34.8 Å². The van der Waals surface area contributed by atoms with Gasteiger partial charge in [0.15, 0.2) is 0 Å². The van der Waals surface area contributed by atoms with E-state index in [4.69, 9.17) is 34.8 Å². The van der Waals surface area contributed by atoms with Crippen LogP contribution in [0.5, 0.6) is 0 Å². The van der Waals surface area contributed by atoms with E-state index in [0.29, 0.717) is 15.1 Å². The Morgan fingerprint density at radius 2 is 1.59 bits per heavy atom. The molecular formula is C13H8Cl3N. The van der Waals surface area contributed by atoms with Crippen LogP contribution in [0.4, 0.5) is 5.69 Å². The number of hydrogen-bond acceptors (Lipinski definition) is 1. The van der Waals surface area contributed by atoms with E-state index in [1.807, 2.05) is 24.3 Å². The topological polar surface area (TPSA) is 12.4 Å². The Labute approximate surface area is 115 Å². The van der Waals surface area contributed by atoms with Crippen molar-refractivity contribution in [3.8, 4) is 0 Å². The molecule has 0 heterocycles. The third-order valence-electron chi connectivity index (χ3n) is 2.16. The maximum Gasteiger partial charge on any atom is 0.0645 e. The van der Waals surface area contributed by atoms with E-state index in [9.17, 15) is 0 Å². The summed E-state index contributed by atoms with van der Waals surface area (Å²) in [4.78, 5) is 4.29. The van der Waals surface area contributed by atoms with Crippen LogP contribution in [-0.2, 0) is 0 Å². The molecule has 2 aromatic rings. The molecule has 0 aliphatic heterocycles. The molecule has 0 atom stereocenters. The van der Waals surface area contributed by atoms with Crippen molar-refractivity contribution in [2.24, 2.45) is 4.99 Å². The van der Waals surface area contributed by atoms with Gasteiger partial charge in [-0.05, 0) is 24.3 Å². The summed E-state index contributed by atoms with van der Waals surface area (Å²) < 4.78 is 0. The summed E-state index contributed by atoms with van der Waals surface area (Å²) in [6.45, 7) is 0. The molecule has 0 aliphatic rings. The fourth-order valence-corrected chi connectivity index (χ4v) is 1.77. The van der Waals surface area contributed by atoms with Crippen LogP contribution in [0.1, 0.15) is 5.56 Å². The molecule has 0 aliphatic carbocycles. The third kappa shape index (κ3) is 3.22. The van der Waals surface area contributed by atoms with E-state index in [1.165, 1.54) is 0 Å². The zero-order valence-corrected chi connectivity index (χ0v) is 11.0. The van der Waals surface area contributed by atoms with E-state index in [2.05, 4.69) is 4.99 Å². The first kappa shape index (κ1) is 12.4. The van der Waals surface area contributed by atoms with Gasteiger partial charge >= 0.3 is 0 Å². The summed E-state index contributed by atoms with van der Waals surface area (Å²) in [7, 11) is 0. The lowest BCUT2D eigenvalue weighted by Gasteiger charge is -1.98. The molecular weight excluding hydrogens is 277 g/mol. The van der Waals surface area contributed by atoms with Crippen LogP contribution < -0.4 is 0 Å². The second kappa shape index (κ2) is 5.54. The Hall–Kier alpha value is -1.02. The van der Waals surface area contributed by atoms with E-state index in [-0.39, 0.29) is 0 Å². The van der Waals surface area contributed by atoms with Crippen LogP contribution in [0.3, 0.4) is 0 Å². The number of hydrogen-bond donors (Lipinski definition) is 0. The Morgan fingerprint density at radius 1 is 0.824 bits per heavy atom. The van der Waals surface area contributed by atoms with Crippen molar-refractivity contribution in [3.05, 3.63) is 63.1 Å². The van der Waals surface area contributed by atoms with Gasteiger partial charge in [-0.1, -0.05) is 53.0 Å². The van der Waals surface area contributed by atoms with Crippen molar-refractivity contribution in [2.75, 3.05) is 0 Å². The van der Waals surface area contributed by atoms with Gasteiger partial charge in [-0.3, -0.25) is 4.99 Å². The van der Waals surface area contributed by atoms with Gasteiger partial charge in [0.2, 0.25) is 0 Å². The first-order valence-electron chi connectivity index (χ1n) is 4.90. The average molecular weight is 285 g/mol. The summed E-state index contributed by atoms with van der Waals surface area (Å²) in [5.41, 5.74) is 1.60. The van der Waals surface area contributed by atoms with E-state index in [1.54, 1.807) is 24.4 Å². The molecule has 0 N–H and O–H groups in total. The largest absolute Gasteiger partial charge is 0.256 e.